The van der Waals surface area contributed by atoms with Crippen LogP contribution in [-0.4, -0.2) is 31.1 Å². The maximum atomic E-state index is 13.0. The molecular weight excluding hydrogens is 444 g/mol. The van der Waals surface area contributed by atoms with Gasteiger partial charge in [-0.25, -0.2) is 0 Å². The number of methoxy groups -OCH3 is 2. The summed E-state index contributed by atoms with van der Waals surface area (Å²) in [6.07, 6.45) is 1.49. The van der Waals surface area contributed by atoms with E-state index in [1.54, 1.807) is 24.3 Å². The van der Waals surface area contributed by atoms with Gasteiger partial charge in [0.25, 0.3) is 11.8 Å². The Labute approximate surface area is 176 Å². The van der Waals surface area contributed by atoms with E-state index in [4.69, 9.17) is 21.7 Å². The van der Waals surface area contributed by atoms with E-state index >= 15 is 0 Å². The van der Waals surface area contributed by atoms with Crippen LogP contribution >= 0.6 is 28.1 Å². The number of thiocarbonyl (C=S) groups is 1. The van der Waals surface area contributed by atoms with Gasteiger partial charge in [-0.1, -0.05) is 17.7 Å². The van der Waals surface area contributed by atoms with E-state index in [2.05, 4.69) is 21.2 Å². The van der Waals surface area contributed by atoms with Crippen LogP contribution in [-0.2, 0) is 9.59 Å². The van der Waals surface area contributed by atoms with Gasteiger partial charge in [0.15, 0.2) is 16.6 Å². The average molecular weight is 461 g/mol. The Morgan fingerprint density at radius 3 is 2.39 bits per heavy atom. The minimum atomic E-state index is -0.552. The molecule has 2 amide bonds. The number of carbonyl (C=O) groups excluding carboxylic acids is 2. The number of aryl methyl sites for hydroxylation is 1. The molecule has 3 rings (SSSR count). The van der Waals surface area contributed by atoms with Crippen molar-refractivity contribution in [2.75, 3.05) is 19.1 Å². The monoisotopic (exact) mass is 460 g/mol. The summed E-state index contributed by atoms with van der Waals surface area (Å²) in [5.41, 5.74) is 2.20. The number of nitrogens with one attached hydrogen (secondary N) is 1. The summed E-state index contributed by atoms with van der Waals surface area (Å²) in [7, 11) is 3.04. The molecule has 6 nitrogen and oxygen atoms in total. The second-order valence-electron chi connectivity index (χ2n) is 6.03. The summed E-state index contributed by atoms with van der Waals surface area (Å²) < 4.78 is 11.2. The summed E-state index contributed by atoms with van der Waals surface area (Å²) in [5, 5.41) is 2.62. The van der Waals surface area contributed by atoms with Crippen LogP contribution in [0, 0.1) is 6.92 Å². The van der Waals surface area contributed by atoms with E-state index in [1.807, 2.05) is 19.1 Å². The summed E-state index contributed by atoms with van der Waals surface area (Å²) >= 11 is 8.62. The van der Waals surface area contributed by atoms with Gasteiger partial charge >= 0.3 is 0 Å². The Hall–Kier alpha value is -2.71. The normalized spacial score (nSPS) is 15.6. The van der Waals surface area contributed by atoms with Crippen LogP contribution in [0.25, 0.3) is 6.08 Å². The van der Waals surface area contributed by atoms with Crippen LogP contribution in [0.4, 0.5) is 5.69 Å². The lowest BCUT2D eigenvalue weighted by molar-refractivity contribution is -0.122. The van der Waals surface area contributed by atoms with Crippen LogP contribution in [0.3, 0.4) is 0 Å². The Balaban J connectivity index is 2.04. The Bertz CT molecular complexity index is 1000. The molecule has 1 N–H and O–H groups in total. The van der Waals surface area contributed by atoms with Crippen molar-refractivity contribution in [2.24, 2.45) is 0 Å². The number of hydrogen-bond acceptors (Lipinski definition) is 5. The fraction of sp³-hybridized carbons (Fsp3) is 0.150. The largest absolute Gasteiger partial charge is 0.493 e. The highest BCUT2D eigenvalue weighted by Gasteiger charge is 2.34. The highest BCUT2D eigenvalue weighted by molar-refractivity contribution is 9.10. The number of carbonyl (C=O) groups is 2. The van der Waals surface area contributed by atoms with Gasteiger partial charge in [-0.2, -0.15) is 0 Å². The molecule has 0 radical (unpaired) electrons. The van der Waals surface area contributed by atoms with E-state index in [-0.39, 0.29) is 10.7 Å². The quantitative estimate of drug-likeness (QED) is 0.428. The molecule has 0 aliphatic carbocycles. The Morgan fingerprint density at radius 1 is 1.11 bits per heavy atom. The number of rotatable bonds is 4. The predicted octanol–water partition coefficient (Wildman–Crippen LogP) is 3.61. The molecule has 0 bridgehead atoms. The molecule has 1 aliphatic rings. The fourth-order valence-corrected chi connectivity index (χ4v) is 3.68. The maximum absolute atomic E-state index is 13.0. The maximum Gasteiger partial charge on any atom is 0.270 e. The molecule has 1 fully saturated rings. The Morgan fingerprint density at radius 2 is 1.79 bits per heavy atom. The number of anilines is 1. The third-order valence-corrected chi connectivity index (χ3v) is 5.03. The van der Waals surface area contributed by atoms with Gasteiger partial charge in [0.1, 0.15) is 5.57 Å². The minimum Gasteiger partial charge on any atom is -0.493 e. The van der Waals surface area contributed by atoms with Crippen molar-refractivity contribution in [2.45, 2.75) is 6.92 Å². The summed E-state index contributed by atoms with van der Waals surface area (Å²) in [6.45, 7) is 1.95. The lowest BCUT2D eigenvalue weighted by Gasteiger charge is -2.29. The van der Waals surface area contributed by atoms with Crippen molar-refractivity contribution in [3.05, 3.63) is 57.6 Å². The topological polar surface area (TPSA) is 67.9 Å². The molecule has 0 spiro atoms. The third-order valence-electron chi connectivity index (χ3n) is 4.16. The summed E-state index contributed by atoms with van der Waals surface area (Å²) in [4.78, 5) is 26.8. The molecule has 8 heteroatoms. The van der Waals surface area contributed by atoms with Gasteiger partial charge in [-0.15, -0.1) is 0 Å². The van der Waals surface area contributed by atoms with Gasteiger partial charge in [0, 0.05) is 0 Å². The Kier molecular flexibility index (Phi) is 5.81. The summed E-state index contributed by atoms with van der Waals surface area (Å²) in [5.74, 6) is -0.0578. The van der Waals surface area contributed by atoms with Crippen molar-refractivity contribution in [1.82, 2.24) is 5.32 Å². The van der Waals surface area contributed by atoms with E-state index in [0.29, 0.717) is 27.2 Å². The number of benzene rings is 2. The first kappa shape index (κ1) is 20.0. The predicted molar refractivity (Wildman–Crippen MR) is 115 cm³/mol. The number of amides is 2. The van der Waals surface area contributed by atoms with Crippen molar-refractivity contribution < 1.29 is 19.1 Å². The van der Waals surface area contributed by atoms with Crippen LogP contribution < -0.4 is 19.7 Å². The number of ether oxygens (including phenoxy) is 2. The van der Waals surface area contributed by atoms with Gasteiger partial charge in [0.05, 0.1) is 24.4 Å². The molecule has 0 unspecified atom stereocenters. The zero-order valence-corrected chi connectivity index (χ0v) is 17.8. The first-order chi connectivity index (χ1) is 13.3. The van der Waals surface area contributed by atoms with E-state index in [1.165, 1.54) is 25.2 Å². The molecule has 144 valence electrons. The zero-order chi connectivity index (χ0) is 20.4. The summed E-state index contributed by atoms with van der Waals surface area (Å²) in [6, 6.07) is 10.7. The lowest BCUT2D eigenvalue weighted by atomic mass is 10.1. The van der Waals surface area contributed by atoms with Crippen LogP contribution in [0.5, 0.6) is 11.5 Å². The SMILES string of the molecule is COc1cc(/C=C2\C(=O)NC(=S)N(c3ccc(C)cc3)C2=O)cc(Br)c1OC. The van der Waals surface area contributed by atoms with E-state index in [0.717, 1.165) is 5.56 Å². The first-order valence-corrected chi connectivity index (χ1v) is 9.45. The van der Waals surface area contributed by atoms with Crippen LogP contribution in [0.15, 0.2) is 46.4 Å². The number of nitrogens with zero attached hydrogens (tertiary/aromatic N) is 1. The number of halogens is 1. The highest BCUT2D eigenvalue weighted by Crippen LogP contribution is 2.37. The van der Waals surface area contributed by atoms with Crippen molar-refractivity contribution >= 4 is 56.8 Å². The van der Waals surface area contributed by atoms with Gasteiger partial charge in [0.2, 0.25) is 0 Å². The van der Waals surface area contributed by atoms with Crippen molar-refractivity contribution in [3.63, 3.8) is 0 Å². The van der Waals surface area contributed by atoms with Gasteiger partial charge in [-0.3, -0.25) is 19.8 Å². The highest BCUT2D eigenvalue weighted by atomic mass is 79.9. The third kappa shape index (κ3) is 3.79. The smallest absolute Gasteiger partial charge is 0.270 e. The molecule has 1 saturated heterocycles. The second-order valence-corrected chi connectivity index (χ2v) is 7.27. The second kappa shape index (κ2) is 8.12. The molecule has 0 saturated carbocycles. The average Bonchev–Trinajstić information content (AvgIpc) is 2.66. The molecule has 0 atom stereocenters. The fourth-order valence-electron chi connectivity index (χ4n) is 2.77. The molecule has 2 aromatic rings. The van der Waals surface area contributed by atoms with Gasteiger partial charge in [-0.05, 0) is 71.0 Å². The van der Waals surface area contributed by atoms with Gasteiger partial charge < -0.3 is 9.47 Å². The first-order valence-electron chi connectivity index (χ1n) is 8.25. The molecule has 2 aromatic carbocycles. The molecule has 0 aromatic heterocycles. The standard InChI is InChI=1S/C20H17BrN2O4S/c1-11-4-6-13(7-5-11)23-19(25)14(18(24)22-20(23)28)8-12-9-15(21)17(27-3)16(10-12)26-2/h4-10H,1-3H3,(H,22,24,28)/b14-8+. The molecule has 28 heavy (non-hydrogen) atoms. The van der Waals surface area contributed by atoms with E-state index in [9.17, 15) is 9.59 Å². The molecule has 1 aliphatic heterocycles. The molecular formula is C20H17BrN2O4S. The zero-order valence-electron chi connectivity index (χ0n) is 15.4. The van der Waals surface area contributed by atoms with Crippen LogP contribution in [0.2, 0.25) is 0 Å². The van der Waals surface area contributed by atoms with Crippen molar-refractivity contribution in [1.29, 1.82) is 0 Å². The lowest BCUT2D eigenvalue weighted by Crippen LogP contribution is -2.54. The number of hydrogen-bond donors (Lipinski definition) is 1. The van der Waals surface area contributed by atoms with E-state index < -0.39 is 11.8 Å². The van der Waals surface area contributed by atoms with Crippen LogP contribution in [0.1, 0.15) is 11.1 Å². The van der Waals surface area contributed by atoms with Crippen molar-refractivity contribution in [3.8, 4) is 11.5 Å². The molecule has 1 heterocycles. The minimum absolute atomic E-state index is 0.0340.